The van der Waals surface area contributed by atoms with Crippen LogP contribution >= 0.6 is 0 Å². The molecule has 0 aliphatic heterocycles. The normalized spacial score (nSPS) is 15.9. The van der Waals surface area contributed by atoms with Crippen molar-refractivity contribution in [3.63, 3.8) is 0 Å². The van der Waals surface area contributed by atoms with Gasteiger partial charge in [-0.3, -0.25) is 0 Å². The summed E-state index contributed by atoms with van der Waals surface area (Å²) in [5.74, 6) is 0.555. The lowest BCUT2D eigenvalue weighted by atomic mass is 9.81. The van der Waals surface area contributed by atoms with Crippen LogP contribution in [0.5, 0.6) is 0 Å². The number of benzene rings is 6. The van der Waals surface area contributed by atoms with Crippen LogP contribution in [0.25, 0.3) is 21.9 Å². The molecule has 1 atom stereocenters. The minimum Gasteiger partial charge on any atom is -0.311 e. The number of hydrogen-bond donors (Lipinski definition) is 0. The highest BCUT2D eigenvalue weighted by atomic mass is 15.2. The molecule has 0 radical (unpaired) electrons. The van der Waals surface area contributed by atoms with Gasteiger partial charge in [-0.15, -0.1) is 0 Å². The summed E-state index contributed by atoms with van der Waals surface area (Å²) in [4.78, 5) is 4.87. The Labute approximate surface area is 291 Å². The lowest BCUT2D eigenvalue weighted by Crippen LogP contribution is -2.20. The number of fused-ring (bicyclic) bond motifs is 5. The zero-order valence-corrected chi connectivity index (χ0v) is 29.5. The predicted molar refractivity (Wildman–Crippen MR) is 210 cm³/mol. The summed E-state index contributed by atoms with van der Waals surface area (Å²) in [7, 11) is 0. The lowest BCUT2D eigenvalue weighted by Gasteiger charge is -2.31. The summed E-state index contributed by atoms with van der Waals surface area (Å²) in [5.41, 5.74) is 16.1. The summed E-state index contributed by atoms with van der Waals surface area (Å²) >= 11 is 0. The molecular weight excluding hydrogens is 593 g/mol. The van der Waals surface area contributed by atoms with Crippen LogP contribution in [-0.4, -0.2) is 0 Å². The molecule has 1 unspecified atom stereocenters. The van der Waals surface area contributed by atoms with Crippen molar-refractivity contribution in [2.45, 2.75) is 53.4 Å². The van der Waals surface area contributed by atoms with E-state index >= 15 is 0 Å². The Morgan fingerprint density at radius 1 is 0.571 bits per heavy atom. The van der Waals surface area contributed by atoms with Gasteiger partial charge in [-0.2, -0.15) is 0 Å². The van der Waals surface area contributed by atoms with Crippen molar-refractivity contribution in [3.05, 3.63) is 173 Å². The average Bonchev–Trinajstić information content (AvgIpc) is 3.34. The molecule has 2 aliphatic carbocycles. The van der Waals surface area contributed by atoms with Crippen molar-refractivity contribution in [1.29, 1.82) is 0 Å². The van der Waals surface area contributed by atoms with Gasteiger partial charge in [-0.05, 0) is 121 Å². The zero-order chi connectivity index (χ0) is 33.9. The first-order chi connectivity index (χ1) is 23.7. The quantitative estimate of drug-likeness (QED) is 0.179. The smallest absolute Gasteiger partial charge is 0.0543 e. The van der Waals surface area contributed by atoms with Crippen molar-refractivity contribution < 1.29 is 0 Å². The van der Waals surface area contributed by atoms with Gasteiger partial charge in [0.1, 0.15) is 0 Å². The van der Waals surface area contributed by atoms with E-state index in [1.807, 2.05) is 0 Å². The van der Waals surface area contributed by atoms with Gasteiger partial charge in [0.25, 0.3) is 0 Å². The van der Waals surface area contributed by atoms with Crippen LogP contribution in [0.2, 0.25) is 0 Å². The summed E-state index contributed by atoms with van der Waals surface area (Å²) < 4.78 is 0. The molecule has 0 heterocycles. The summed E-state index contributed by atoms with van der Waals surface area (Å²) in [6.45, 7) is 13.6. The van der Waals surface area contributed by atoms with E-state index in [4.69, 9.17) is 0 Å². The molecule has 0 bridgehead atoms. The Morgan fingerprint density at radius 2 is 1.10 bits per heavy atom. The SMILES string of the molecule is Cc1ccc(N(C2=CCC(C)C=C2)c2ccc3c(c2)C(C)(C)c2cc(N(c4ccc(C)cc4)c4ccc(C)cc4)c4ccccc4c2-3)cc1. The van der Waals surface area contributed by atoms with Gasteiger partial charge >= 0.3 is 0 Å². The second kappa shape index (κ2) is 12.0. The number of aryl methyl sites for hydroxylation is 3. The van der Waals surface area contributed by atoms with Gasteiger partial charge in [0.2, 0.25) is 0 Å². The van der Waals surface area contributed by atoms with Gasteiger partial charge < -0.3 is 9.80 Å². The van der Waals surface area contributed by atoms with Gasteiger partial charge in [0, 0.05) is 39.2 Å². The third kappa shape index (κ3) is 5.36. The van der Waals surface area contributed by atoms with Crippen LogP contribution in [0.1, 0.15) is 55.0 Å². The zero-order valence-electron chi connectivity index (χ0n) is 29.5. The molecule has 6 aromatic rings. The highest BCUT2D eigenvalue weighted by Crippen LogP contribution is 2.55. The maximum absolute atomic E-state index is 2.47. The molecule has 242 valence electrons. The van der Waals surface area contributed by atoms with Crippen LogP contribution < -0.4 is 9.80 Å². The minimum absolute atomic E-state index is 0.212. The van der Waals surface area contributed by atoms with E-state index in [2.05, 4.69) is 191 Å². The Morgan fingerprint density at radius 3 is 1.65 bits per heavy atom. The summed E-state index contributed by atoms with van der Waals surface area (Å²) in [6, 6.07) is 45.4. The number of hydrogen-bond acceptors (Lipinski definition) is 2. The monoisotopic (exact) mass is 636 g/mol. The van der Waals surface area contributed by atoms with E-state index in [1.165, 1.54) is 72.5 Å². The van der Waals surface area contributed by atoms with Crippen LogP contribution in [0, 0.1) is 26.7 Å². The Kier molecular flexibility index (Phi) is 7.56. The molecule has 0 amide bonds. The third-order valence-corrected chi connectivity index (χ3v) is 10.6. The fraction of sp³-hybridized carbons (Fsp3) is 0.191. The lowest BCUT2D eigenvalue weighted by molar-refractivity contribution is 0.661. The predicted octanol–water partition coefficient (Wildman–Crippen LogP) is 13.2. The van der Waals surface area contributed by atoms with E-state index < -0.39 is 0 Å². The van der Waals surface area contributed by atoms with E-state index in [0.29, 0.717) is 5.92 Å². The minimum atomic E-state index is -0.212. The maximum Gasteiger partial charge on any atom is 0.0543 e. The summed E-state index contributed by atoms with van der Waals surface area (Å²) in [6.07, 6.45) is 8.07. The third-order valence-electron chi connectivity index (χ3n) is 10.6. The van der Waals surface area contributed by atoms with Crippen LogP contribution in [0.4, 0.5) is 28.4 Å². The highest BCUT2D eigenvalue weighted by molar-refractivity contribution is 6.10. The van der Waals surface area contributed by atoms with Gasteiger partial charge in [0.15, 0.2) is 0 Å². The average molecular weight is 637 g/mol. The number of anilines is 5. The maximum atomic E-state index is 2.47. The Hall–Kier alpha value is -5.34. The molecule has 0 saturated heterocycles. The van der Waals surface area contributed by atoms with Crippen molar-refractivity contribution in [3.8, 4) is 11.1 Å². The summed E-state index contributed by atoms with van der Waals surface area (Å²) in [5, 5.41) is 2.55. The van der Waals surface area contributed by atoms with Crippen molar-refractivity contribution in [2.75, 3.05) is 9.80 Å². The van der Waals surface area contributed by atoms with Crippen molar-refractivity contribution in [1.82, 2.24) is 0 Å². The first-order valence-electron chi connectivity index (χ1n) is 17.6. The topological polar surface area (TPSA) is 6.48 Å². The molecule has 8 rings (SSSR count). The number of nitrogens with zero attached hydrogens (tertiary/aromatic N) is 2. The molecule has 2 aliphatic rings. The number of allylic oxidation sites excluding steroid dienone is 3. The molecule has 2 nitrogen and oxygen atoms in total. The molecule has 0 fully saturated rings. The Balaban J connectivity index is 1.32. The Bertz CT molecular complexity index is 2200. The van der Waals surface area contributed by atoms with E-state index in [9.17, 15) is 0 Å². The molecule has 0 saturated carbocycles. The van der Waals surface area contributed by atoms with Gasteiger partial charge in [-0.25, -0.2) is 0 Å². The second-order valence-electron chi connectivity index (χ2n) is 14.6. The molecule has 0 spiro atoms. The fourth-order valence-corrected chi connectivity index (χ4v) is 7.71. The van der Waals surface area contributed by atoms with Crippen molar-refractivity contribution in [2.24, 2.45) is 5.92 Å². The highest BCUT2D eigenvalue weighted by Gasteiger charge is 2.38. The standard InChI is InChI=1S/C47H44N2/c1-31-11-19-35(20-12-31)48(36-21-13-32(2)14-22-36)39-27-28-42-43(29-39)47(5,6)44-30-45(40-9-7-8-10-41(40)46(42)44)49(37-23-15-33(3)16-24-37)38-25-17-34(4)18-26-38/h7-13,15-30,32H,14H2,1-6H3. The molecule has 2 heteroatoms. The molecule has 0 aromatic heterocycles. The number of rotatable bonds is 6. The first-order valence-corrected chi connectivity index (χ1v) is 17.6. The molecule has 6 aromatic carbocycles. The van der Waals surface area contributed by atoms with Crippen molar-refractivity contribution >= 4 is 39.2 Å². The second-order valence-corrected chi connectivity index (χ2v) is 14.6. The van der Waals surface area contributed by atoms with E-state index in [-0.39, 0.29) is 5.41 Å². The van der Waals surface area contributed by atoms with Gasteiger partial charge in [-0.1, -0.05) is 116 Å². The van der Waals surface area contributed by atoms with Crippen LogP contribution in [0.3, 0.4) is 0 Å². The van der Waals surface area contributed by atoms with Gasteiger partial charge in [0.05, 0.1) is 5.69 Å². The van der Waals surface area contributed by atoms with E-state index in [0.717, 1.165) is 17.8 Å². The largest absolute Gasteiger partial charge is 0.311 e. The van der Waals surface area contributed by atoms with Crippen LogP contribution in [-0.2, 0) is 5.41 Å². The fourth-order valence-electron chi connectivity index (χ4n) is 7.71. The van der Waals surface area contributed by atoms with Crippen LogP contribution in [0.15, 0.2) is 145 Å². The first kappa shape index (κ1) is 31.0. The van der Waals surface area contributed by atoms with E-state index in [1.54, 1.807) is 0 Å². The molecule has 0 N–H and O–H groups in total. The molecule has 49 heavy (non-hydrogen) atoms. The molecular formula is C47H44N2.